The van der Waals surface area contributed by atoms with Crippen molar-refractivity contribution >= 4 is 0 Å². The molecule has 5 atom stereocenters. The molecule has 0 aromatic rings. The molecule has 6 nitrogen and oxygen atoms in total. The highest BCUT2D eigenvalue weighted by atomic mass is 16.4. The van der Waals surface area contributed by atoms with E-state index in [0.29, 0.717) is 0 Å². The average molecular weight is 207 g/mol. The van der Waals surface area contributed by atoms with Gasteiger partial charge in [0.15, 0.2) is 0 Å². The van der Waals surface area contributed by atoms with Crippen LogP contribution in [0.3, 0.4) is 0 Å². The minimum Gasteiger partial charge on any atom is -0.396 e. The van der Waals surface area contributed by atoms with Gasteiger partial charge in [0.1, 0.15) is 12.2 Å². The van der Waals surface area contributed by atoms with Crippen molar-refractivity contribution < 1.29 is 25.5 Å². The summed E-state index contributed by atoms with van der Waals surface area (Å²) in [6.45, 7) is -0.0733. The fourth-order valence-electron chi connectivity index (χ4n) is 1.61. The monoisotopic (exact) mass is 207 g/mol. The normalized spacial score (nSPS) is 40.9. The van der Waals surface area contributed by atoms with E-state index in [1.165, 1.54) is 0 Å². The van der Waals surface area contributed by atoms with Crippen LogP contribution in [-0.2, 0) is 0 Å². The Morgan fingerprint density at radius 3 is 2.43 bits per heavy atom. The second kappa shape index (κ2) is 5.01. The van der Waals surface area contributed by atoms with Gasteiger partial charge in [-0.1, -0.05) is 0 Å². The summed E-state index contributed by atoms with van der Waals surface area (Å²) >= 11 is 0. The van der Waals surface area contributed by atoms with E-state index in [2.05, 4.69) is 5.32 Å². The van der Waals surface area contributed by atoms with Gasteiger partial charge in [0, 0.05) is 13.2 Å². The molecule has 0 amide bonds. The Bertz CT molecular complexity index is 179. The summed E-state index contributed by atoms with van der Waals surface area (Å²) in [5, 5.41) is 48.8. The Kier molecular flexibility index (Phi) is 4.24. The zero-order valence-corrected chi connectivity index (χ0v) is 7.74. The van der Waals surface area contributed by atoms with Crippen LogP contribution in [0.1, 0.15) is 6.42 Å². The zero-order valence-electron chi connectivity index (χ0n) is 7.74. The van der Waals surface area contributed by atoms with Gasteiger partial charge in [-0.3, -0.25) is 0 Å². The van der Waals surface area contributed by atoms with Crippen LogP contribution in [0.15, 0.2) is 0 Å². The van der Waals surface area contributed by atoms with Crippen LogP contribution >= 0.6 is 0 Å². The second-order valence-electron chi connectivity index (χ2n) is 3.56. The first kappa shape index (κ1) is 11.8. The molecule has 1 rings (SSSR count). The minimum atomic E-state index is -1.26. The number of hydrogen-bond donors (Lipinski definition) is 6. The average Bonchev–Trinajstić information content (AvgIpc) is 2.15. The number of rotatable bonds is 3. The van der Waals surface area contributed by atoms with Gasteiger partial charge in [-0.15, -0.1) is 0 Å². The summed E-state index contributed by atoms with van der Waals surface area (Å²) in [5.74, 6) is 0. The standard InChI is InChI=1S/C8H17NO5/c10-2-1-4(11)6-8(14)7(13)5(12)3-9-6/h4-14H,1-3H2/t4-,5+,6+,7+,8+/m0/s1. The molecule has 1 fully saturated rings. The Morgan fingerprint density at radius 2 is 1.86 bits per heavy atom. The van der Waals surface area contributed by atoms with Crippen LogP contribution in [-0.4, -0.2) is 69.1 Å². The Balaban J connectivity index is 2.53. The largest absolute Gasteiger partial charge is 0.396 e. The lowest BCUT2D eigenvalue weighted by atomic mass is 9.91. The van der Waals surface area contributed by atoms with Crippen molar-refractivity contribution in [3.05, 3.63) is 0 Å². The third-order valence-corrected chi connectivity index (χ3v) is 2.51. The van der Waals surface area contributed by atoms with Crippen LogP contribution in [0.5, 0.6) is 0 Å². The highest BCUT2D eigenvalue weighted by Crippen LogP contribution is 2.14. The molecule has 6 heteroatoms. The maximum Gasteiger partial charge on any atom is 0.109 e. The fraction of sp³-hybridized carbons (Fsp3) is 1.00. The van der Waals surface area contributed by atoms with Gasteiger partial charge in [-0.25, -0.2) is 0 Å². The first-order valence-electron chi connectivity index (χ1n) is 4.64. The smallest absolute Gasteiger partial charge is 0.109 e. The molecule has 1 aliphatic rings. The van der Waals surface area contributed by atoms with Gasteiger partial charge in [-0.2, -0.15) is 0 Å². The van der Waals surface area contributed by atoms with E-state index < -0.39 is 30.5 Å². The molecule has 84 valence electrons. The van der Waals surface area contributed by atoms with Crippen molar-refractivity contribution in [1.82, 2.24) is 5.32 Å². The summed E-state index contributed by atoms with van der Waals surface area (Å²) in [6, 6.07) is -0.708. The van der Waals surface area contributed by atoms with E-state index in [4.69, 9.17) is 5.11 Å². The molecule has 1 aliphatic heterocycles. The topological polar surface area (TPSA) is 113 Å². The lowest BCUT2D eigenvalue weighted by molar-refractivity contribution is -0.114. The van der Waals surface area contributed by atoms with Gasteiger partial charge in [0.25, 0.3) is 0 Å². The number of aliphatic hydroxyl groups is 5. The molecular formula is C8H17NO5. The predicted molar refractivity (Wildman–Crippen MR) is 47.5 cm³/mol. The lowest BCUT2D eigenvalue weighted by Crippen LogP contribution is -2.63. The molecule has 1 heterocycles. The van der Waals surface area contributed by atoms with E-state index in [1.54, 1.807) is 0 Å². The molecule has 1 saturated heterocycles. The number of nitrogens with one attached hydrogen (secondary N) is 1. The number of aliphatic hydroxyl groups excluding tert-OH is 5. The molecule has 0 radical (unpaired) electrons. The van der Waals surface area contributed by atoms with Crippen molar-refractivity contribution in [3.8, 4) is 0 Å². The minimum absolute atomic E-state index is 0.116. The zero-order chi connectivity index (χ0) is 10.7. The molecule has 0 aliphatic carbocycles. The second-order valence-corrected chi connectivity index (χ2v) is 3.56. The summed E-state index contributed by atoms with van der Waals surface area (Å²) < 4.78 is 0. The molecule has 0 bridgehead atoms. The highest BCUT2D eigenvalue weighted by Gasteiger charge is 2.39. The Morgan fingerprint density at radius 1 is 1.21 bits per heavy atom. The summed E-state index contributed by atoms with van der Waals surface area (Å²) in [5.41, 5.74) is 0. The lowest BCUT2D eigenvalue weighted by Gasteiger charge is -2.38. The van der Waals surface area contributed by atoms with Crippen LogP contribution < -0.4 is 5.32 Å². The van der Waals surface area contributed by atoms with Crippen molar-refractivity contribution in [2.75, 3.05) is 13.2 Å². The van der Waals surface area contributed by atoms with E-state index in [-0.39, 0.29) is 19.6 Å². The predicted octanol–water partition coefficient (Wildman–Crippen LogP) is -3.22. The van der Waals surface area contributed by atoms with E-state index in [9.17, 15) is 20.4 Å². The molecule has 0 aromatic carbocycles. The van der Waals surface area contributed by atoms with Gasteiger partial charge in [0.2, 0.25) is 0 Å². The van der Waals surface area contributed by atoms with Crippen LogP contribution in [0, 0.1) is 0 Å². The molecule has 0 spiro atoms. The fourth-order valence-corrected chi connectivity index (χ4v) is 1.61. The van der Waals surface area contributed by atoms with Gasteiger partial charge >= 0.3 is 0 Å². The van der Waals surface area contributed by atoms with E-state index in [1.807, 2.05) is 0 Å². The number of β-amino-alcohol motifs (C(OH)–C–C–N with tert-alkyl or cyclic N) is 1. The number of piperidine rings is 1. The van der Waals surface area contributed by atoms with Crippen molar-refractivity contribution in [2.45, 2.75) is 36.9 Å². The highest BCUT2D eigenvalue weighted by molar-refractivity contribution is 4.95. The van der Waals surface area contributed by atoms with E-state index in [0.717, 1.165) is 0 Å². The Hall–Kier alpha value is -0.240. The number of hydrogen-bond acceptors (Lipinski definition) is 6. The van der Waals surface area contributed by atoms with Gasteiger partial charge in [0.05, 0.1) is 18.2 Å². The molecular weight excluding hydrogens is 190 g/mol. The van der Waals surface area contributed by atoms with Gasteiger partial charge in [-0.05, 0) is 6.42 Å². The van der Waals surface area contributed by atoms with Crippen molar-refractivity contribution in [3.63, 3.8) is 0 Å². The maximum absolute atomic E-state index is 9.49. The van der Waals surface area contributed by atoms with Crippen LogP contribution in [0.25, 0.3) is 0 Å². The first-order valence-corrected chi connectivity index (χ1v) is 4.64. The summed E-state index contributed by atoms with van der Waals surface area (Å²) in [4.78, 5) is 0. The van der Waals surface area contributed by atoms with Gasteiger partial charge < -0.3 is 30.8 Å². The first-order chi connectivity index (χ1) is 6.57. The summed E-state index contributed by atoms with van der Waals surface area (Å²) in [7, 11) is 0. The molecule has 14 heavy (non-hydrogen) atoms. The molecule has 0 saturated carbocycles. The third-order valence-electron chi connectivity index (χ3n) is 2.51. The SMILES string of the molecule is OCC[C@H](O)[C@H]1NC[C@@H](O)[C@@H](O)[C@@H]1O. The van der Waals surface area contributed by atoms with Crippen molar-refractivity contribution in [2.24, 2.45) is 0 Å². The summed E-state index contributed by atoms with van der Waals surface area (Å²) in [6.07, 6.45) is -4.31. The molecule has 6 N–H and O–H groups in total. The third kappa shape index (κ3) is 2.41. The van der Waals surface area contributed by atoms with Crippen LogP contribution in [0.4, 0.5) is 0 Å². The van der Waals surface area contributed by atoms with Crippen LogP contribution in [0.2, 0.25) is 0 Å². The van der Waals surface area contributed by atoms with E-state index >= 15 is 0 Å². The molecule has 0 aromatic heterocycles. The Labute approximate surface area is 81.8 Å². The maximum atomic E-state index is 9.49. The quantitative estimate of drug-likeness (QED) is 0.290. The van der Waals surface area contributed by atoms with Crippen molar-refractivity contribution in [1.29, 1.82) is 0 Å². The molecule has 0 unspecified atom stereocenters.